The maximum atomic E-state index is 11.7. The molecule has 0 saturated carbocycles. The Labute approximate surface area is 116 Å². The molecule has 0 aromatic heterocycles. The van der Waals surface area contributed by atoms with E-state index in [1.54, 1.807) is 0 Å². The normalized spacial score (nSPS) is 14.2. The molecule has 0 bridgehead atoms. The minimum atomic E-state index is -0.702. The molecule has 3 nitrogen and oxygen atoms in total. The summed E-state index contributed by atoms with van der Waals surface area (Å²) in [7, 11) is 0. The van der Waals surface area contributed by atoms with Gasteiger partial charge in [-0.15, -0.1) is 0 Å². The van der Waals surface area contributed by atoms with Gasteiger partial charge in [0, 0.05) is 13.0 Å². The Morgan fingerprint density at radius 2 is 1.89 bits per heavy atom. The van der Waals surface area contributed by atoms with E-state index in [9.17, 15) is 4.55 Å². The molecule has 18 heavy (non-hydrogen) atoms. The number of rotatable bonds is 10. The van der Waals surface area contributed by atoms with Crippen LogP contribution in [0.25, 0.3) is 0 Å². The molecule has 0 aromatic rings. The molecule has 0 saturated heterocycles. The third-order valence-corrected chi connectivity index (χ3v) is 3.66. The van der Waals surface area contributed by atoms with Gasteiger partial charge in [0.05, 0.1) is 13.2 Å². The van der Waals surface area contributed by atoms with Crippen molar-refractivity contribution in [3.05, 3.63) is 0 Å². The zero-order valence-electron chi connectivity index (χ0n) is 12.8. The standard InChI is InChI=1S/C14H31NO2S/c1-13(2)11-15-7-10-18(16)9-6-8-17-12-14(3,4)5/h13,15H,6-12H2,1-5H3. The summed E-state index contributed by atoms with van der Waals surface area (Å²) in [6.45, 7) is 14.2. The predicted octanol–water partition coefficient (Wildman–Crippen LogP) is 2.43. The van der Waals surface area contributed by atoms with E-state index in [1.807, 2.05) is 0 Å². The molecule has 0 aromatic carbocycles. The lowest BCUT2D eigenvalue weighted by molar-refractivity contribution is 0.0720. The molecule has 0 aliphatic heterocycles. The number of nitrogens with one attached hydrogen (secondary N) is 1. The van der Waals surface area contributed by atoms with E-state index < -0.39 is 11.2 Å². The van der Waals surface area contributed by atoms with Crippen LogP contribution in [-0.2, 0) is 15.9 Å². The van der Waals surface area contributed by atoms with E-state index in [-0.39, 0.29) is 5.41 Å². The van der Waals surface area contributed by atoms with Crippen LogP contribution >= 0.6 is 0 Å². The summed E-state index contributed by atoms with van der Waals surface area (Å²) < 4.78 is 17.2. The zero-order chi connectivity index (χ0) is 14.0. The Hall–Kier alpha value is 0.230. The van der Waals surface area contributed by atoms with Gasteiger partial charge in [-0.3, -0.25) is 0 Å². The second-order valence-corrected chi connectivity index (χ2v) is 8.11. The van der Waals surface area contributed by atoms with Crippen molar-refractivity contribution in [1.82, 2.24) is 5.32 Å². The van der Waals surface area contributed by atoms with Gasteiger partial charge in [-0.05, 0) is 17.9 Å². The van der Waals surface area contributed by atoms with Gasteiger partial charge in [-0.2, -0.15) is 0 Å². The molecule has 0 amide bonds. The summed E-state index contributed by atoms with van der Waals surface area (Å²) in [6, 6.07) is 0. The molecular formula is C14H31NO2S. The Morgan fingerprint density at radius 1 is 1.22 bits per heavy atom. The van der Waals surface area contributed by atoms with Crippen LogP contribution in [-0.4, -0.2) is 42.4 Å². The molecular weight excluding hydrogens is 246 g/mol. The van der Waals surface area contributed by atoms with Gasteiger partial charge >= 0.3 is 0 Å². The highest BCUT2D eigenvalue weighted by molar-refractivity contribution is 7.91. The summed E-state index contributed by atoms with van der Waals surface area (Å²) in [6.07, 6.45) is 0.896. The SMILES string of the molecule is CC(C)CNCC[S+]([O-])CCCOCC(C)(C)C. The van der Waals surface area contributed by atoms with Crippen LogP contribution in [0.15, 0.2) is 0 Å². The van der Waals surface area contributed by atoms with Crippen molar-refractivity contribution < 1.29 is 9.29 Å². The topological polar surface area (TPSA) is 44.3 Å². The van der Waals surface area contributed by atoms with Crippen LogP contribution in [0.5, 0.6) is 0 Å². The third kappa shape index (κ3) is 14.3. The zero-order valence-corrected chi connectivity index (χ0v) is 13.6. The summed E-state index contributed by atoms with van der Waals surface area (Å²) >= 11 is -0.702. The quantitative estimate of drug-likeness (QED) is 0.493. The lowest BCUT2D eigenvalue weighted by Gasteiger charge is -2.18. The fourth-order valence-corrected chi connectivity index (χ4v) is 2.40. The Kier molecular flexibility index (Phi) is 10.2. The van der Waals surface area contributed by atoms with Crippen LogP contribution < -0.4 is 5.32 Å². The van der Waals surface area contributed by atoms with Crippen molar-refractivity contribution in [2.45, 2.75) is 41.0 Å². The van der Waals surface area contributed by atoms with Crippen LogP contribution in [0.2, 0.25) is 0 Å². The lowest BCUT2D eigenvalue weighted by atomic mass is 9.99. The highest BCUT2D eigenvalue weighted by Crippen LogP contribution is 2.12. The van der Waals surface area contributed by atoms with Crippen LogP contribution in [0, 0.1) is 11.3 Å². The predicted molar refractivity (Wildman–Crippen MR) is 80.5 cm³/mol. The molecule has 0 spiro atoms. The second-order valence-electron chi connectivity index (χ2n) is 6.41. The first-order valence-corrected chi connectivity index (χ1v) is 8.43. The fourth-order valence-electron chi connectivity index (χ4n) is 1.38. The third-order valence-electron chi connectivity index (χ3n) is 2.25. The molecule has 0 aliphatic rings. The average Bonchev–Trinajstić information content (AvgIpc) is 2.22. The highest BCUT2D eigenvalue weighted by atomic mass is 32.2. The Balaban J connectivity index is 3.29. The van der Waals surface area contributed by atoms with Gasteiger partial charge in [0.2, 0.25) is 0 Å². The van der Waals surface area contributed by atoms with Crippen LogP contribution in [0.4, 0.5) is 0 Å². The largest absolute Gasteiger partial charge is 0.616 e. The maximum Gasteiger partial charge on any atom is 0.117 e. The van der Waals surface area contributed by atoms with E-state index in [2.05, 4.69) is 39.9 Å². The molecule has 4 heteroatoms. The molecule has 0 heterocycles. The summed E-state index contributed by atoms with van der Waals surface area (Å²) in [4.78, 5) is 0. The molecule has 1 unspecified atom stereocenters. The molecule has 0 rings (SSSR count). The summed E-state index contributed by atoms with van der Waals surface area (Å²) in [5.74, 6) is 2.17. The van der Waals surface area contributed by atoms with Gasteiger partial charge in [0.25, 0.3) is 0 Å². The average molecular weight is 277 g/mol. The van der Waals surface area contributed by atoms with Gasteiger partial charge in [0.15, 0.2) is 0 Å². The summed E-state index contributed by atoms with van der Waals surface area (Å²) in [5.41, 5.74) is 0.222. The Bertz CT molecular complexity index is 193. The van der Waals surface area contributed by atoms with E-state index in [1.165, 1.54) is 0 Å². The minimum absolute atomic E-state index is 0.222. The van der Waals surface area contributed by atoms with E-state index in [4.69, 9.17) is 4.74 Å². The van der Waals surface area contributed by atoms with Gasteiger partial charge in [0.1, 0.15) is 11.5 Å². The van der Waals surface area contributed by atoms with Gasteiger partial charge in [-0.25, -0.2) is 0 Å². The number of ether oxygens (including phenoxy) is 1. The van der Waals surface area contributed by atoms with E-state index >= 15 is 0 Å². The monoisotopic (exact) mass is 277 g/mol. The number of hydrogen-bond donors (Lipinski definition) is 1. The minimum Gasteiger partial charge on any atom is -0.616 e. The maximum absolute atomic E-state index is 11.7. The van der Waals surface area contributed by atoms with Crippen molar-refractivity contribution >= 4 is 11.2 Å². The first-order chi connectivity index (χ1) is 8.31. The van der Waals surface area contributed by atoms with Gasteiger partial charge in [-0.1, -0.05) is 45.8 Å². The summed E-state index contributed by atoms with van der Waals surface area (Å²) in [5, 5.41) is 3.31. The molecule has 110 valence electrons. The van der Waals surface area contributed by atoms with Gasteiger partial charge < -0.3 is 14.6 Å². The van der Waals surface area contributed by atoms with Crippen LogP contribution in [0.1, 0.15) is 41.0 Å². The first kappa shape index (κ1) is 18.2. The van der Waals surface area contributed by atoms with Crippen molar-refractivity contribution in [3.63, 3.8) is 0 Å². The first-order valence-electron chi connectivity index (χ1n) is 6.94. The van der Waals surface area contributed by atoms with Crippen molar-refractivity contribution in [2.75, 3.05) is 37.8 Å². The van der Waals surface area contributed by atoms with Crippen molar-refractivity contribution in [2.24, 2.45) is 11.3 Å². The van der Waals surface area contributed by atoms with Crippen molar-refractivity contribution in [1.29, 1.82) is 0 Å². The smallest absolute Gasteiger partial charge is 0.117 e. The lowest BCUT2D eigenvalue weighted by Crippen LogP contribution is -2.27. The molecule has 0 radical (unpaired) electrons. The molecule has 0 aliphatic carbocycles. The molecule has 0 fully saturated rings. The molecule has 1 atom stereocenters. The fraction of sp³-hybridized carbons (Fsp3) is 1.00. The second kappa shape index (κ2) is 10.1. The Morgan fingerprint density at radius 3 is 2.44 bits per heavy atom. The van der Waals surface area contributed by atoms with E-state index in [0.29, 0.717) is 5.92 Å². The molecule has 1 N–H and O–H groups in total. The van der Waals surface area contributed by atoms with Crippen LogP contribution in [0.3, 0.4) is 0 Å². The highest BCUT2D eigenvalue weighted by Gasteiger charge is 2.10. The van der Waals surface area contributed by atoms with E-state index in [0.717, 1.165) is 44.2 Å². The van der Waals surface area contributed by atoms with Crippen molar-refractivity contribution in [3.8, 4) is 0 Å². The number of hydrogen-bond acceptors (Lipinski definition) is 3.